The molecule has 0 saturated heterocycles. The number of nitrogens with one attached hydrogen (secondary N) is 1. The molecule has 0 aliphatic carbocycles. The topological polar surface area (TPSA) is 76.0 Å². The Labute approximate surface area is 177 Å². The molecule has 7 nitrogen and oxygen atoms in total. The maximum absolute atomic E-state index is 11.9. The third-order valence-corrected chi connectivity index (χ3v) is 4.20. The van der Waals surface area contributed by atoms with E-state index < -0.39 is 5.60 Å². The summed E-state index contributed by atoms with van der Waals surface area (Å²) < 4.78 is 10.6. The number of nitrogens with zero attached hydrogens (tertiary/aromatic N) is 3. The van der Waals surface area contributed by atoms with Gasteiger partial charge in [-0.2, -0.15) is 0 Å². The first-order valence-electron chi connectivity index (χ1n) is 8.34. The van der Waals surface area contributed by atoms with Crippen LogP contribution in [-0.4, -0.2) is 54.7 Å². The number of esters is 1. The van der Waals surface area contributed by atoms with Gasteiger partial charge in [-0.15, -0.1) is 35.3 Å². The first-order valence-corrected chi connectivity index (χ1v) is 9.22. The van der Waals surface area contributed by atoms with Crippen LogP contribution in [0.3, 0.4) is 0 Å². The number of methoxy groups -OCH3 is 1. The third-order valence-electron chi connectivity index (χ3n) is 3.14. The molecule has 0 aromatic carbocycles. The van der Waals surface area contributed by atoms with Crippen LogP contribution in [0.2, 0.25) is 0 Å². The summed E-state index contributed by atoms with van der Waals surface area (Å²) in [6, 6.07) is 0. The monoisotopic (exact) mass is 498 g/mol. The number of ether oxygens (including phenoxy) is 2. The van der Waals surface area contributed by atoms with Crippen LogP contribution in [0.15, 0.2) is 10.4 Å². The number of carbonyl (C=O) groups excluding carboxylic acids is 1. The zero-order chi connectivity index (χ0) is 19.0. The standard InChI is InChI=1S/C17H30N4O3S.HI/c1-8-18-16(19-9-14(22)24-17(3,4)5)21(6)10-13-11-25-15(20-13)12(2)23-7;/h11-12H,8-10H2,1-7H3,(H,18,19);1H. The lowest BCUT2D eigenvalue weighted by molar-refractivity contribution is -0.152. The molecule has 0 aliphatic rings. The number of halogens is 1. The number of thiazole rings is 1. The molecular weight excluding hydrogens is 467 g/mol. The molecule has 1 heterocycles. The van der Waals surface area contributed by atoms with Crippen LogP contribution in [-0.2, 0) is 20.8 Å². The maximum atomic E-state index is 11.9. The van der Waals surface area contributed by atoms with Crippen molar-refractivity contribution in [1.29, 1.82) is 0 Å². The van der Waals surface area contributed by atoms with Gasteiger partial charge in [-0.3, -0.25) is 4.79 Å². The average Bonchev–Trinajstić information content (AvgIpc) is 2.97. The van der Waals surface area contributed by atoms with E-state index in [1.54, 1.807) is 18.4 Å². The van der Waals surface area contributed by atoms with Gasteiger partial charge in [0.15, 0.2) is 5.96 Å². The van der Waals surface area contributed by atoms with Gasteiger partial charge in [-0.05, 0) is 34.6 Å². The number of rotatable bonds is 7. The highest BCUT2D eigenvalue weighted by atomic mass is 127. The molecule has 9 heteroatoms. The van der Waals surface area contributed by atoms with Crippen molar-refractivity contribution in [3.63, 3.8) is 0 Å². The number of carbonyl (C=O) groups is 1. The second-order valence-electron chi connectivity index (χ2n) is 6.67. The highest BCUT2D eigenvalue weighted by Gasteiger charge is 2.17. The van der Waals surface area contributed by atoms with E-state index in [9.17, 15) is 4.79 Å². The van der Waals surface area contributed by atoms with Gasteiger partial charge in [0.2, 0.25) is 0 Å². The molecule has 1 N–H and O–H groups in total. The van der Waals surface area contributed by atoms with Crippen molar-refractivity contribution in [2.45, 2.75) is 52.9 Å². The zero-order valence-electron chi connectivity index (χ0n) is 16.7. The molecule has 1 atom stereocenters. The van der Waals surface area contributed by atoms with Crippen molar-refractivity contribution in [1.82, 2.24) is 15.2 Å². The lowest BCUT2D eigenvalue weighted by atomic mass is 10.2. The minimum absolute atomic E-state index is 0. The van der Waals surface area contributed by atoms with Gasteiger partial charge in [-0.1, -0.05) is 0 Å². The van der Waals surface area contributed by atoms with Crippen LogP contribution in [0, 0.1) is 0 Å². The molecular formula is C17H31IN4O3S. The molecule has 0 fully saturated rings. The first kappa shape index (κ1) is 25.1. The van der Waals surface area contributed by atoms with E-state index in [1.165, 1.54) is 0 Å². The van der Waals surface area contributed by atoms with Gasteiger partial charge >= 0.3 is 5.97 Å². The largest absolute Gasteiger partial charge is 0.459 e. The molecule has 0 radical (unpaired) electrons. The van der Waals surface area contributed by atoms with E-state index in [4.69, 9.17) is 9.47 Å². The normalized spacial score (nSPS) is 13.0. The van der Waals surface area contributed by atoms with Crippen molar-refractivity contribution >= 4 is 47.2 Å². The van der Waals surface area contributed by atoms with Crippen molar-refractivity contribution in [3.8, 4) is 0 Å². The number of aliphatic imine (C=N–C) groups is 1. The molecule has 0 spiro atoms. The highest BCUT2D eigenvalue weighted by Crippen LogP contribution is 2.20. The lowest BCUT2D eigenvalue weighted by Gasteiger charge is -2.22. The van der Waals surface area contributed by atoms with Crippen LogP contribution < -0.4 is 5.32 Å². The van der Waals surface area contributed by atoms with Crippen molar-refractivity contribution in [2.75, 3.05) is 27.2 Å². The summed E-state index contributed by atoms with van der Waals surface area (Å²) in [5.74, 6) is 0.295. The second-order valence-corrected chi connectivity index (χ2v) is 7.56. The summed E-state index contributed by atoms with van der Waals surface area (Å²) in [6.07, 6.45) is -0.0156. The Morgan fingerprint density at radius 2 is 2.12 bits per heavy atom. The van der Waals surface area contributed by atoms with E-state index in [0.717, 1.165) is 10.7 Å². The van der Waals surface area contributed by atoms with Crippen LogP contribution in [0.1, 0.15) is 51.4 Å². The summed E-state index contributed by atoms with van der Waals surface area (Å²) in [7, 11) is 3.58. The van der Waals surface area contributed by atoms with Crippen LogP contribution in [0.4, 0.5) is 0 Å². The van der Waals surface area contributed by atoms with Crippen molar-refractivity contribution < 1.29 is 14.3 Å². The smallest absolute Gasteiger partial charge is 0.328 e. The zero-order valence-corrected chi connectivity index (χ0v) is 19.8. The number of aromatic nitrogens is 1. The summed E-state index contributed by atoms with van der Waals surface area (Å²) in [5.41, 5.74) is 0.431. The van der Waals surface area contributed by atoms with Crippen LogP contribution >= 0.6 is 35.3 Å². The Bertz CT molecular complexity index is 587. The fraction of sp³-hybridized carbons (Fsp3) is 0.706. The van der Waals surface area contributed by atoms with Gasteiger partial charge in [0.1, 0.15) is 23.3 Å². The SMILES string of the molecule is CCNC(=NCC(=O)OC(C)(C)C)N(C)Cc1csc(C(C)OC)n1.I. The highest BCUT2D eigenvalue weighted by molar-refractivity contribution is 14.0. The van der Waals surface area contributed by atoms with Gasteiger partial charge < -0.3 is 19.7 Å². The Morgan fingerprint density at radius 1 is 1.46 bits per heavy atom. The molecule has 0 bridgehead atoms. The summed E-state index contributed by atoms with van der Waals surface area (Å²) in [6.45, 7) is 10.8. The van der Waals surface area contributed by atoms with Gasteiger partial charge in [0.25, 0.3) is 0 Å². The average molecular weight is 498 g/mol. The quantitative estimate of drug-likeness (QED) is 0.269. The second kappa shape index (κ2) is 11.7. The Hall–Kier alpha value is -0.940. The molecule has 0 aliphatic heterocycles. The van der Waals surface area contributed by atoms with Crippen molar-refractivity contribution in [3.05, 3.63) is 16.1 Å². The van der Waals surface area contributed by atoms with Gasteiger partial charge in [0.05, 0.1) is 12.2 Å². The van der Waals surface area contributed by atoms with Crippen LogP contribution in [0.25, 0.3) is 0 Å². The number of guanidine groups is 1. The molecule has 1 aromatic rings. The Morgan fingerprint density at radius 3 is 2.65 bits per heavy atom. The summed E-state index contributed by atoms with van der Waals surface area (Å²) in [4.78, 5) is 22.7. The Kier molecular flexibility index (Phi) is 11.3. The molecule has 1 unspecified atom stereocenters. The molecule has 0 amide bonds. The minimum atomic E-state index is -0.508. The Balaban J connectivity index is 0.00000625. The van der Waals surface area contributed by atoms with E-state index >= 15 is 0 Å². The molecule has 26 heavy (non-hydrogen) atoms. The van der Waals surface area contributed by atoms with Crippen molar-refractivity contribution in [2.24, 2.45) is 4.99 Å². The number of hydrogen-bond acceptors (Lipinski definition) is 6. The molecule has 1 rings (SSSR count). The fourth-order valence-electron chi connectivity index (χ4n) is 1.98. The first-order chi connectivity index (χ1) is 11.7. The third kappa shape index (κ3) is 9.13. The van der Waals surface area contributed by atoms with Crippen LogP contribution in [0.5, 0.6) is 0 Å². The fourth-order valence-corrected chi connectivity index (χ4v) is 2.83. The minimum Gasteiger partial charge on any atom is -0.459 e. The van der Waals surface area contributed by atoms with E-state index in [2.05, 4.69) is 15.3 Å². The van der Waals surface area contributed by atoms with Gasteiger partial charge in [0, 0.05) is 26.1 Å². The van der Waals surface area contributed by atoms with E-state index in [-0.39, 0.29) is 42.6 Å². The van der Waals surface area contributed by atoms with Gasteiger partial charge in [-0.25, -0.2) is 9.98 Å². The number of hydrogen-bond donors (Lipinski definition) is 1. The summed E-state index contributed by atoms with van der Waals surface area (Å²) in [5, 5.41) is 6.14. The predicted molar refractivity (Wildman–Crippen MR) is 116 cm³/mol. The predicted octanol–water partition coefficient (Wildman–Crippen LogP) is 3.21. The summed E-state index contributed by atoms with van der Waals surface area (Å²) >= 11 is 1.58. The maximum Gasteiger partial charge on any atom is 0.328 e. The van der Waals surface area contributed by atoms with E-state index in [0.29, 0.717) is 19.0 Å². The molecule has 1 aromatic heterocycles. The van der Waals surface area contributed by atoms with E-state index in [1.807, 2.05) is 51.9 Å². The molecule has 150 valence electrons. The molecule has 0 saturated carbocycles. The lowest BCUT2D eigenvalue weighted by Crippen LogP contribution is -2.39.